The van der Waals surface area contributed by atoms with E-state index in [1.807, 2.05) is 18.7 Å². The zero-order valence-corrected chi connectivity index (χ0v) is 20.5. The van der Waals surface area contributed by atoms with E-state index in [1.165, 1.54) is 17.8 Å². The quantitative estimate of drug-likeness (QED) is 0.615. The fourth-order valence-corrected chi connectivity index (χ4v) is 5.40. The highest BCUT2D eigenvalue weighted by atomic mass is 32.2. The molecule has 0 radical (unpaired) electrons. The van der Waals surface area contributed by atoms with Crippen LogP contribution in [0.15, 0.2) is 17.2 Å². The van der Waals surface area contributed by atoms with Gasteiger partial charge < -0.3 is 14.4 Å². The van der Waals surface area contributed by atoms with E-state index < -0.39 is 9.84 Å². The smallest absolute Gasteiger partial charge is 0.281 e. The van der Waals surface area contributed by atoms with Crippen LogP contribution in [0, 0.1) is 6.92 Å². The molecule has 31 heavy (non-hydrogen) atoms. The minimum atomic E-state index is -3.32. The average Bonchev–Trinajstić information content (AvgIpc) is 2.70. The van der Waals surface area contributed by atoms with Crippen LogP contribution in [0.1, 0.15) is 58.1 Å². The molecule has 0 atom stereocenters. The van der Waals surface area contributed by atoms with Crippen molar-refractivity contribution in [3.05, 3.63) is 17.8 Å². The summed E-state index contributed by atoms with van der Waals surface area (Å²) in [5.41, 5.74) is 0.596. The molecule has 1 aliphatic heterocycles. The van der Waals surface area contributed by atoms with Crippen molar-refractivity contribution in [2.75, 3.05) is 19.3 Å². The molecule has 0 bridgehead atoms. The van der Waals surface area contributed by atoms with E-state index in [-0.39, 0.29) is 28.6 Å². The summed E-state index contributed by atoms with van der Waals surface area (Å²) in [4.78, 5) is 18.3. The number of hydrogen-bond donors (Lipinski definition) is 0. The van der Waals surface area contributed by atoms with Crippen LogP contribution in [-0.4, -0.2) is 66.4 Å². The number of sulfone groups is 1. The lowest BCUT2D eigenvalue weighted by atomic mass is 9.94. The van der Waals surface area contributed by atoms with Gasteiger partial charge in [0.05, 0.1) is 24.0 Å². The second-order valence-electron chi connectivity index (χ2n) is 8.78. The van der Waals surface area contributed by atoms with Gasteiger partial charge >= 0.3 is 0 Å². The van der Waals surface area contributed by atoms with Crippen molar-refractivity contribution in [2.24, 2.45) is 0 Å². The molecule has 1 amide bonds. The molecular formula is C22H34N2O5S2. The van der Waals surface area contributed by atoms with Gasteiger partial charge in [0, 0.05) is 24.6 Å². The number of nitrogens with zero attached hydrogens (tertiary/aromatic N) is 2. The van der Waals surface area contributed by atoms with Gasteiger partial charge in [-0.05, 0) is 57.6 Å². The molecule has 0 N–H and O–H groups in total. The molecule has 7 nitrogen and oxygen atoms in total. The van der Waals surface area contributed by atoms with Crippen LogP contribution in [0.25, 0.3) is 0 Å². The van der Waals surface area contributed by atoms with Crippen molar-refractivity contribution >= 4 is 26.8 Å². The number of piperidine rings is 1. The molecule has 1 aromatic rings. The van der Waals surface area contributed by atoms with Gasteiger partial charge in [0.2, 0.25) is 0 Å². The Bertz CT molecular complexity index is 859. The second-order valence-corrected chi connectivity index (χ2v) is 12.3. The Morgan fingerprint density at radius 1 is 1.06 bits per heavy atom. The van der Waals surface area contributed by atoms with E-state index >= 15 is 0 Å². The molecule has 1 aromatic heterocycles. The van der Waals surface area contributed by atoms with Gasteiger partial charge in [0.1, 0.15) is 5.75 Å². The zero-order valence-electron chi connectivity index (χ0n) is 18.9. The molecule has 0 aromatic carbocycles. The number of carbonyl (C=O) groups excluding carboxylic acids is 1. The van der Waals surface area contributed by atoms with Gasteiger partial charge in [-0.1, -0.05) is 25.6 Å². The second kappa shape index (κ2) is 10.5. The van der Waals surface area contributed by atoms with E-state index in [4.69, 9.17) is 9.47 Å². The van der Waals surface area contributed by atoms with Gasteiger partial charge in [-0.3, -0.25) is 4.79 Å². The van der Waals surface area contributed by atoms with Crippen LogP contribution in [0.4, 0.5) is 4.79 Å². The third-order valence-electron chi connectivity index (χ3n) is 5.73. The van der Waals surface area contributed by atoms with Gasteiger partial charge in [-0.25, -0.2) is 13.4 Å². The molecule has 9 heteroatoms. The molecule has 0 unspecified atom stereocenters. The maximum atomic E-state index is 12.2. The normalized spacial score (nSPS) is 23.2. The SMILES string of the molecule is Cc1nc(S(C)(=O)=O)ccc1OC1CCC(OC2CCN(C(=O)SC(C)C)CC2)CC1. The van der Waals surface area contributed by atoms with E-state index in [9.17, 15) is 13.2 Å². The minimum Gasteiger partial charge on any atom is -0.489 e. The van der Waals surface area contributed by atoms with Crippen molar-refractivity contribution in [3.63, 3.8) is 0 Å². The Labute approximate surface area is 190 Å². The third-order valence-corrected chi connectivity index (χ3v) is 7.65. The predicted molar refractivity (Wildman–Crippen MR) is 123 cm³/mol. The Balaban J connectivity index is 1.41. The molecule has 1 saturated carbocycles. The topological polar surface area (TPSA) is 85.8 Å². The van der Waals surface area contributed by atoms with E-state index in [2.05, 4.69) is 4.98 Å². The first kappa shape index (κ1) is 24.3. The number of aryl methyl sites for hydroxylation is 1. The number of ether oxygens (including phenoxy) is 2. The highest BCUT2D eigenvalue weighted by Gasteiger charge is 2.29. The van der Waals surface area contributed by atoms with E-state index in [1.54, 1.807) is 13.0 Å². The molecule has 0 spiro atoms. The molecule has 1 aliphatic carbocycles. The lowest BCUT2D eigenvalue weighted by Gasteiger charge is -2.36. The minimum absolute atomic E-state index is 0.0741. The summed E-state index contributed by atoms with van der Waals surface area (Å²) < 4.78 is 35.7. The molecular weight excluding hydrogens is 436 g/mol. The lowest BCUT2D eigenvalue weighted by Crippen LogP contribution is -2.41. The predicted octanol–water partition coefficient (Wildman–Crippen LogP) is 4.23. The number of amides is 1. The Kier molecular flexibility index (Phi) is 8.26. The molecule has 174 valence electrons. The first-order valence-corrected chi connectivity index (χ1v) is 13.8. The van der Waals surface area contributed by atoms with Crippen molar-refractivity contribution in [3.8, 4) is 5.75 Å². The molecule has 2 heterocycles. The van der Waals surface area contributed by atoms with Crippen molar-refractivity contribution < 1.29 is 22.7 Å². The fraction of sp³-hybridized carbons (Fsp3) is 0.727. The van der Waals surface area contributed by atoms with Crippen LogP contribution in [0.3, 0.4) is 0 Å². The summed E-state index contributed by atoms with van der Waals surface area (Å²) in [7, 11) is -3.32. The van der Waals surface area contributed by atoms with Crippen LogP contribution in [0.5, 0.6) is 5.75 Å². The number of carbonyl (C=O) groups is 1. The standard InChI is InChI=1S/C22H34N2O5S2/c1-15(2)30-22(25)24-13-11-19(12-14-24)28-17-5-7-18(8-6-17)29-20-9-10-21(23-16(20)3)31(4,26)27/h9-10,15,17-19H,5-8,11-14H2,1-4H3. The number of rotatable bonds is 6. The number of likely N-dealkylation sites (tertiary alicyclic amines) is 1. The van der Waals surface area contributed by atoms with Crippen LogP contribution in [-0.2, 0) is 14.6 Å². The molecule has 1 saturated heterocycles. The summed E-state index contributed by atoms with van der Waals surface area (Å²) in [6, 6.07) is 3.21. The summed E-state index contributed by atoms with van der Waals surface area (Å²) in [5, 5.41) is 0.571. The summed E-state index contributed by atoms with van der Waals surface area (Å²) in [6.45, 7) is 7.41. The van der Waals surface area contributed by atoms with Gasteiger partial charge in [0.25, 0.3) is 5.24 Å². The zero-order chi connectivity index (χ0) is 22.6. The van der Waals surface area contributed by atoms with Crippen LogP contribution < -0.4 is 4.74 Å². The molecule has 3 rings (SSSR count). The number of aromatic nitrogens is 1. The number of thioether (sulfide) groups is 1. The average molecular weight is 471 g/mol. The van der Waals surface area contributed by atoms with Crippen molar-refractivity contribution in [1.29, 1.82) is 0 Å². The first-order chi connectivity index (χ1) is 14.6. The van der Waals surface area contributed by atoms with Crippen LogP contribution in [0.2, 0.25) is 0 Å². The number of hydrogen-bond acceptors (Lipinski definition) is 7. The van der Waals surface area contributed by atoms with Crippen molar-refractivity contribution in [1.82, 2.24) is 9.88 Å². The molecule has 2 aliphatic rings. The van der Waals surface area contributed by atoms with Gasteiger partial charge in [0.15, 0.2) is 14.9 Å². The summed E-state index contributed by atoms with van der Waals surface area (Å²) in [6.07, 6.45) is 7.22. The van der Waals surface area contributed by atoms with E-state index in [0.717, 1.165) is 57.9 Å². The van der Waals surface area contributed by atoms with E-state index in [0.29, 0.717) is 16.7 Å². The Morgan fingerprint density at radius 3 is 2.19 bits per heavy atom. The lowest BCUT2D eigenvalue weighted by molar-refractivity contribution is -0.0621. The number of pyridine rings is 1. The monoisotopic (exact) mass is 470 g/mol. The third kappa shape index (κ3) is 7.08. The Morgan fingerprint density at radius 2 is 1.65 bits per heavy atom. The van der Waals surface area contributed by atoms with Crippen molar-refractivity contribution in [2.45, 2.75) is 87.9 Å². The summed E-state index contributed by atoms with van der Waals surface area (Å²) in [5.74, 6) is 0.646. The first-order valence-electron chi connectivity index (χ1n) is 11.1. The van der Waals surface area contributed by atoms with Gasteiger partial charge in [-0.2, -0.15) is 0 Å². The van der Waals surface area contributed by atoms with Gasteiger partial charge in [-0.15, -0.1) is 0 Å². The largest absolute Gasteiger partial charge is 0.489 e. The summed E-state index contributed by atoms with van der Waals surface area (Å²) >= 11 is 1.40. The highest BCUT2D eigenvalue weighted by Crippen LogP contribution is 2.29. The highest BCUT2D eigenvalue weighted by molar-refractivity contribution is 8.14. The maximum absolute atomic E-state index is 12.2. The maximum Gasteiger partial charge on any atom is 0.281 e. The van der Waals surface area contributed by atoms with Crippen LogP contribution >= 0.6 is 11.8 Å². The molecule has 2 fully saturated rings. The Hall–Kier alpha value is -1.32. The fourth-order valence-electron chi connectivity index (χ4n) is 4.04.